The Labute approximate surface area is 135 Å². The van der Waals surface area contributed by atoms with Gasteiger partial charge in [0.1, 0.15) is 11.2 Å². The third kappa shape index (κ3) is 3.63. The molecule has 1 aromatic heterocycles. The molecule has 1 saturated carbocycles. The second-order valence-corrected chi connectivity index (χ2v) is 6.47. The number of aryl methyl sites for hydroxylation is 1. The summed E-state index contributed by atoms with van der Waals surface area (Å²) in [7, 11) is 0. The molecule has 1 fully saturated rings. The maximum Gasteiger partial charge on any atom is 0.241 e. The highest BCUT2D eigenvalue weighted by atomic mass is 16.5. The standard InChI is InChI=1S/C17H23N3O3/c1-12-11-14(20-23-12)19-16(22)17(8-9-17)15(21)18-10-7-13-5-3-2-4-6-13/h5,11H,2-4,6-10H2,1H3,(H,18,21)(H,19,20,22). The van der Waals surface area contributed by atoms with Gasteiger partial charge in [0.2, 0.25) is 11.8 Å². The molecule has 0 bridgehead atoms. The molecule has 1 heterocycles. The van der Waals surface area contributed by atoms with Crippen molar-refractivity contribution in [1.29, 1.82) is 0 Å². The SMILES string of the molecule is Cc1cc(NC(=O)C2(C(=O)NCCC3=CCCCC3)CC2)no1. The molecule has 6 heteroatoms. The summed E-state index contributed by atoms with van der Waals surface area (Å²) in [4.78, 5) is 24.7. The topological polar surface area (TPSA) is 84.2 Å². The van der Waals surface area contributed by atoms with E-state index in [-0.39, 0.29) is 11.8 Å². The third-order valence-corrected chi connectivity index (χ3v) is 4.61. The fourth-order valence-electron chi connectivity index (χ4n) is 2.98. The van der Waals surface area contributed by atoms with E-state index >= 15 is 0 Å². The Balaban J connectivity index is 1.49. The molecule has 0 atom stereocenters. The maximum absolute atomic E-state index is 12.4. The lowest BCUT2D eigenvalue weighted by Gasteiger charge is -2.16. The van der Waals surface area contributed by atoms with Crippen LogP contribution in [-0.2, 0) is 9.59 Å². The number of hydrogen-bond donors (Lipinski definition) is 2. The molecular weight excluding hydrogens is 294 g/mol. The van der Waals surface area contributed by atoms with Gasteiger partial charge in [-0.2, -0.15) is 0 Å². The van der Waals surface area contributed by atoms with Gasteiger partial charge in [-0.3, -0.25) is 9.59 Å². The van der Waals surface area contributed by atoms with Crippen LogP contribution >= 0.6 is 0 Å². The summed E-state index contributed by atoms with van der Waals surface area (Å²) in [5.74, 6) is 0.515. The minimum absolute atomic E-state index is 0.174. The van der Waals surface area contributed by atoms with E-state index in [0.29, 0.717) is 31.0 Å². The molecular formula is C17H23N3O3. The molecule has 0 radical (unpaired) electrons. The van der Waals surface area contributed by atoms with Crippen LogP contribution in [0.3, 0.4) is 0 Å². The van der Waals surface area contributed by atoms with Gasteiger partial charge in [-0.1, -0.05) is 16.8 Å². The van der Waals surface area contributed by atoms with Crippen LogP contribution in [-0.4, -0.2) is 23.5 Å². The van der Waals surface area contributed by atoms with E-state index in [4.69, 9.17) is 4.52 Å². The van der Waals surface area contributed by atoms with Crippen LogP contribution in [0.1, 0.15) is 50.7 Å². The van der Waals surface area contributed by atoms with Gasteiger partial charge in [-0.25, -0.2) is 0 Å². The Hall–Kier alpha value is -2.11. The van der Waals surface area contributed by atoms with E-state index in [9.17, 15) is 9.59 Å². The highest BCUT2D eigenvalue weighted by Gasteiger charge is 2.56. The predicted octanol–water partition coefficient (Wildman–Crippen LogP) is 2.71. The average molecular weight is 317 g/mol. The normalized spacial score (nSPS) is 18.9. The number of carbonyl (C=O) groups excluding carboxylic acids is 2. The second kappa shape index (κ2) is 6.56. The zero-order valence-electron chi connectivity index (χ0n) is 13.5. The van der Waals surface area contributed by atoms with Crippen LogP contribution in [0.25, 0.3) is 0 Å². The number of nitrogens with one attached hydrogen (secondary N) is 2. The summed E-state index contributed by atoms with van der Waals surface area (Å²) in [6.45, 7) is 2.35. The molecule has 2 amide bonds. The molecule has 0 aliphatic heterocycles. The quantitative estimate of drug-likeness (QED) is 0.624. The first kappa shape index (κ1) is 15.8. The molecule has 124 valence electrons. The van der Waals surface area contributed by atoms with Crippen molar-refractivity contribution in [3.63, 3.8) is 0 Å². The van der Waals surface area contributed by atoms with Crippen molar-refractivity contribution in [1.82, 2.24) is 10.5 Å². The number of rotatable bonds is 6. The smallest absolute Gasteiger partial charge is 0.241 e. The van der Waals surface area contributed by atoms with Gasteiger partial charge in [0.25, 0.3) is 0 Å². The van der Waals surface area contributed by atoms with Crippen LogP contribution in [0.2, 0.25) is 0 Å². The van der Waals surface area contributed by atoms with Crippen molar-refractivity contribution in [3.05, 3.63) is 23.5 Å². The molecule has 2 aliphatic carbocycles. The molecule has 6 nitrogen and oxygen atoms in total. The Morgan fingerprint density at radius 3 is 2.74 bits per heavy atom. The zero-order chi connectivity index (χ0) is 16.3. The molecule has 1 aromatic rings. The van der Waals surface area contributed by atoms with Crippen molar-refractivity contribution in [2.24, 2.45) is 5.41 Å². The van der Waals surface area contributed by atoms with E-state index in [0.717, 1.165) is 19.3 Å². The van der Waals surface area contributed by atoms with Crippen LogP contribution in [0, 0.1) is 12.3 Å². The van der Waals surface area contributed by atoms with E-state index in [1.807, 2.05) is 0 Å². The summed E-state index contributed by atoms with van der Waals surface area (Å²) >= 11 is 0. The molecule has 0 unspecified atom stereocenters. The molecule has 2 N–H and O–H groups in total. The lowest BCUT2D eigenvalue weighted by atomic mass is 9.97. The number of amides is 2. The van der Waals surface area contributed by atoms with E-state index in [1.165, 1.54) is 18.4 Å². The third-order valence-electron chi connectivity index (χ3n) is 4.61. The first-order valence-electron chi connectivity index (χ1n) is 8.31. The first-order valence-corrected chi connectivity index (χ1v) is 8.31. The monoisotopic (exact) mass is 317 g/mol. The number of allylic oxidation sites excluding steroid dienone is 1. The largest absolute Gasteiger partial charge is 0.360 e. The van der Waals surface area contributed by atoms with E-state index < -0.39 is 5.41 Å². The number of carbonyl (C=O) groups is 2. The van der Waals surface area contributed by atoms with Crippen LogP contribution in [0.4, 0.5) is 5.82 Å². The van der Waals surface area contributed by atoms with Crippen molar-refractivity contribution in [2.75, 3.05) is 11.9 Å². The summed E-state index contributed by atoms with van der Waals surface area (Å²) in [5.41, 5.74) is 0.497. The fourth-order valence-corrected chi connectivity index (χ4v) is 2.98. The first-order chi connectivity index (χ1) is 11.1. The van der Waals surface area contributed by atoms with Gasteiger partial charge in [-0.05, 0) is 51.9 Å². The van der Waals surface area contributed by atoms with Gasteiger partial charge >= 0.3 is 0 Å². The van der Waals surface area contributed by atoms with Crippen molar-refractivity contribution >= 4 is 17.6 Å². The molecule has 3 rings (SSSR count). The number of aromatic nitrogens is 1. The van der Waals surface area contributed by atoms with E-state index in [2.05, 4.69) is 21.9 Å². The minimum atomic E-state index is -0.923. The number of nitrogens with zero attached hydrogens (tertiary/aromatic N) is 1. The van der Waals surface area contributed by atoms with Crippen molar-refractivity contribution in [2.45, 2.75) is 51.9 Å². The van der Waals surface area contributed by atoms with Gasteiger partial charge in [0, 0.05) is 12.6 Å². The van der Waals surface area contributed by atoms with Gasteiger partial charge in [0.05, 0.1) is 0 Å². The lowest BCUT2D eigenvalue weighted by Crippen LogP contribution is -2.40. The summed E-state index contributed by atoms with van der Waals surface area (Å²) in [5, 5.41) is 9.32. The Kier molecular flexibility index (Phi) is 4.50. The van der Waals surface area contributed by atoms with Crippen LogP contribution in [0.15, 0.2) is 22.2 Å². The fraction of sp³-hybridized carbons (Fsp3) is 0.588. The highest BCUT2D eigenvalue weighted by Crippen LogP contribution is 2.46. The summed E-state index contributed by atoms with van der Waals surface area (Å²) < 4.78 is 4.92. The number of anilines is 1. The molecule has 0 saturated heterocycles. The molecule has 0 spiro atoms. The zero-order valence-corrected chi connectivity index (χ0v) is 13.5. The van der Waals surface area contributed by atoms with Crippen molar-refractivity contribution < 1.29 is 14.1 Å². The summed E-state index contributed by atoms with van der Waals surface area (Å²) in [6, 6.07) is 1.64. The van der Waals surface area contributed by atoms with Crippen LogP contribution in [0.5, 0.6) is 0 Å². The molecule has 23 heavy (non-hydrogen) atoms. The van der Waals surface area contributed by atoms with Gasteiger partial charge in [-0.15, -0.1) is 0 Å². The van der Waals surface area contributed by atoms with Crippen LogP contribution < -0.4 is 10.6 Å². The number of hydrogen-bond acceptors (Lipinski definition) is 4. The minimum Gasteiger partial charge on any atom is -0.360 e. The van der Waals surface area contributed by atoms with Gasteiger partial charge in [0.15, 0.2) is 5.82 Å². The predicted molar refractivity (Wildman–Crippen MR) is 85.7 cm³/mol. The van der Waals surface area contributed by atoms with Crippen molar-refractivity contribution in [3.8, 4) is 0 Å². The molecule has 0 aromatic carbocycles. The lowest BCUT2D eigenvalue weighted by molar-refractivity contribution is -0.134. The van der Waals surface area contributed by atoms with E-state index in [1.54, 1.807) is 13.0 Å². The molecule has 2 aliphatic rings. The Morgan fingerprint density at radius 2 is 2.13 bits per heavy atom. The second-order valence-electron chi connectivity index (χ2n) is 6.47. The average Bonchev–Trinajstić information content (AvgIpc) is 3.27. The maximum atomic E-state index is 12.4. The van der Waals surface area contributed by atoms with Gasteiger partial charge < -0.3 is 15.2 Å². The highest BCUT2D eigenvalue weighted by molar-refractivity contribution is 6.12. The Bertz CT molecular complexity index is 629. The Morgan fingerprint density at radius 1 is 1.30 bits per heavy atom. The summed E-state index contributed by atoms with van der Waals surface area (Å²) in [6.07, 6.45) is 9.12.